The van der Waals surface area contributed by atoms with Crippen LogP contribution in [0.2, 0.25) is 0 Å². The molecule has 0 bridgehead atoms. The fourth-order valence-corrected chi connectivity index (χ4v) is 7.79. The molecular formula is C34H41FN8O2S. The van der Waals surface area contributed by atoms with Crippen LogP contribution in [0, 0.1) is 22.6 Å². The number of rotatable bonds is 10. The Labute approximate surface area is 272 Å². The average molecular weight is 645 g/mol. The summed E-state index contributed by atoms with van der Waals surface area (Å²) in [6.45, 7) is 8.26. The number of nitriles is 1. The van der Waals surface area contributed by atoms with Gasteiger partial charge in [0.15, 0.2) is 0 Å². The first-order valence-corrected chi connectivity index (χ1v) is 16.9. The number of hydrogen-bond donors (Lipinski definition) is 2. The molecule has 2 saturated carbocycles. The highest BCUT2D eigenvalue weighted by Crippen LogP contribution is 2.47. The molecular weight excluding hydrogens is 603 g/mol. The van der Waals surface area contributed by atoms with E-state index in [0.717, 1.165) is 68.6 Å². The fraction of sp³-hybridized carbons (Fsp3) is 0.529. The van der Waals surface area contributed by atoms with Crippen LogP contribution in [0.4, 0.5) is 15.2 Å². The van der Waals surface area contributed by atoms with Crippen molar-refractivity contribution in [3.63, 3.8) is 0 Å². The summed E-state index contributed by atoms with van der Waals surface area (Å²) in [6, 6.07) is 7.76. The van der Waals surface area contributed by atoms with Gasteiger partial charge in [0.25, 0.3) is 0 Å². The maximum Gasteiger partial charge on any atom is 0.318 e. The second-order valence-corrected chi connectivity index (χ2v) is 14.8. The highest BCUT2D eigenvalue weighted by atomic mass is 32.1. The van der Waals surface area contributed by atoms with Crippen molar-refractivity contribution in [2.45, 2.75) is 63.6 Å². The van der Waals surface area contributed by atoms with Crippen LogP contribution in [0.15, 0.2) is 24.4 Å². The van der Waals surface area contributed by atoms with Gasteiger partial charge in [-0.3, -0.25) is 9.88 Å². The van der Waals surface area contributed by atoms with E-state index < -0.39 is 5.82 Å². The molecule has 4 aromatic rings. The summed E-state index contributed by atoms with van der Waals surface area (Å²) < 4.78 is 27.4. The maximum absolute atomic E-state index is 14.8. The van der Waals surface area contributed by atoms with Crippen molar-refractivity contribution in [3.8, 4) is 23.3 Å². The van der Waals surface area contributed by atoms with Crippen LogP contribution in [-0.4, -0.2) is 89.4 Å². The van der Waals surface area contributed by atoms with Crippen molar-refractivity contribution < 1.29 is 13.9 Å². The zero-order chi connectivity index (χ0) is 32.2. The van der Waals surface area contributed by atoms with Gasteiger partial charge in [0.1, 0.15) is 22.7 Å². The molecule has 4 heterocycles. The van der Waals surface area contributed by atoms with Crippen molar-refractivity contribution in [1.29, 1.82) is 5.26 Å². The third-order valence-corrected chi connectivity index (χ3v) is 11.4. The van der Waals surface area contributed by atoms with Gasteiger partial charge in [0.05, 0.1) is 46.2 Å². The molecule has 0 spiro atoms. The summed E-state index contributed by atoms with van der Waals surface area (Å²) >= 11 is 1.08. The van der Waals surface area contributed by atoms with E-state index in [-0.39, 0.29) is 27.6 Å². The Morgan fingerprint density at radius 2 is 2.04 bits per heavy atom. The summed E-state index contributed by atoms with van der Waals surface area (Å²) in [5, 5.41) is 15.0. The van der Waals surface area contributed by atoms with E-state index in [1.807, 2.05) is 6.07 Å². The molecule has 0 radical (unpaired) electrons. The number of thiophene rings is 1. The molecule has 10 nitrogen and oxygen atoms in total. The lowest BCUT2D eigenvalue weighted by Crippen LogP contribution is -2.54. The van der Waals surface area contributed by atoms with Gasteiger partial charge in [0, 0.05) is 53.8 Å². The van der Waals surface area contributed by atoms with E-state index in [0.29, 0.717) is 51.3 Å². The second-order valence-electron chi connectivity index (χ2n) is 13.7. The highest BCUT2D eigenvalue weighted by molar-refractivity contribution is 7.23. The molecule has 46 heavy (non-hydrogen) atoms. The van der Waals surface area contributed by atoms with Crippen LogP contribution in [0.1, 0.15) is 51.5 Å². The number of aromatic nitrogens is 3. The predicted molar refractivity (Wildman–Crippen MR) is 180 cm³/mol. The summed E-state index contributed by atoms with van der Waals surface area (Å²) in [6.07, 6.45) is 7.63. The Morgan fingerprint density at radius 3 is 2.74 bits per heavy atom. The number of benzene rings is 1. The van der Waals surface area contributed by atoms with Gasteiger partial charge in [0.2, 0.25) is 0 Å². The molecule has 12 heteroatoms. The van der Waals surface area contributed by atoms with Gasteiger partial charge >= 0.3 is 6.01 Å². The van der Waals surface area contributed by atoms with Gasteiger partial charge < -0.3 is 25.4 Å². The lowest BCUT2D eigenvalue weighted by molar-refractivity contribution is -0.0580. The van der Waals surface area contributed by atoms with Gasteiger partial charge in [-0.1, -0.05) is 0 Å². The number of nitrogens with zero attached hydrogens (tertiary/aromatic N) is 6. The molecule has 2 atom stereocenters. The fourth-order valence-electron chi connectivity index (χ4n) is 6.84. The van der Waals surface area contributed by atoms with E-state index in [4.69, 9.17) is 30.2 Å². The molecule has 1 saturated heterocycles. The number of pyridine rings is 1. The average Bonchev–Trinajstić information content (AvgIpc) is 3.69. The Hall–Kier alpha value is -3.63. The first-order chi connectivity index (χ1) is 22.1. The van der Waals surface area contributed by atoms with Crippen LogP contribution in [0.3, 0.4) is 0 Å². The number of anilines is 2. The van der Waals surface area contributed by atoms with Crippen LogP contribution in [-0.2, 0) is 4.74 Å². The quantitative estimate of drug-likeness (QED) is 0.223. The predicted octanol–water partition coefficient (Wildman–Crippen LogP) is 5.66. The standard InChI is InChI=1S/C34H41FN8O2S/c1-20-16-44-21(2)15-43(20)18-33(10-11-33)19-45-32-40-27-12-26(22-6-7-25(35)29-28(22)23(13-36)30(37)46-29)38-14-24(27)31(41-32)39-17-34(42(3)4)8-5-9-34/h6-7,12,14,20-21H,5,8-11,15-19,37H2,1-4H3,(H,39,40,41)/t20-,21+/m1/s1. The molecule has 1 aromatic carbocycles. The maximum atomic E-state index is 14.8. The van der Waals surface area contributed by atoms with Gasteiger partial charge in [-0.2, -0.15) is 15.2 Å². The Morgan fingerprint density at radius 1 is 1.24 bits per heavy atom. The Bertz CT molecular complexity index is 1830. The third-order valence-electron chi connectivity index (χ3n) is 10.3. The van der Waals surface area contributed by atoms with Gasteiger partial charge in [-0.15, -0.1) is 11.3 Å². The number of fused-ring (bicyclic) bond motifs is 2. The lowest BCUT2D eigenvalue weighted by Gasteiger charge is -2.47. The van der Waals surface area contributed by atoms with Crippen molar-refractivity contribution in [2.75, 3.05) is 58.0 Å². The lowest BCUT2D eigenvalue weighted by atomic mass is 9.75. The number of nitrogens with one attached hydrogen (secondary N) is 1. The summed E-state index contributed by atoms with van der Waals surface area (Å²) in [5.41, 5.74) is 8.38. The van der Waals surface area contributed by atoms with E-state index in [2.05, 4.69) is 49.1 Å². The number of nitrogens with two attached hydrogens (primary N) is 1. The van der Waals surface area contributed by atoms with Crippen LogP contribution in [0.25, 0.3) is 32.2 Å². The molecule has 242 valence electrons. The van der Waals surface area contributed by atoms with Crippen molar-refractivity contribution in [3.05, 3.63) is 35.8 Å². The Balaban J connectivity index is 1.23. The van der Waals surface area contributed by atoms with Crippen LogP contribution in [0.5, 0.6) is 6.01 Å². The van der Waals surface area contributed by atoms with Crippen LogP contribution < -0.4 is 15.8 Å². The molecule has 0 amide bonds. The second kappa shape index (κ2) is 11.9. The van der Waals surface area contributed by atoms with Gasteiger partial charge in [-0.05, 0) is 78.2 Å². The molecule has 1 aliphatic heterocycles. The van der Waals surface area contributed by atoms with E-state index >= 15 is 0 Å². The zero-order valence-electron chi connectivity index (χ0n) is 26.9. The number of nitrogen functional groups attached to an aromatic ring is 1. The summed E-state index contributed by atoms with van der Waals surface area (Å²) in [5.74, 6) is 0.261. The SMILES string of the molecule is C[C@@H]1CO[C@@H](C)CN1CC1(COc2nc(NCC3(N(C)C)CCC3)c3cnc(-c4ccc(F)c5sc(N)c(C#N)c45)cc3n2)CC1. The number of hydrogen-bond acceptors (Lipinski definition) is 11. The minimum atomic E-state index is -0.414. The molecule has 3 aromatic heterocycles. The van der Waals surface area contributed by atoms with E-state index in [1.54, 1.807) is 12.3 Å². The monoisotopic (exact) mass is 644 g/mol. The smallest absolute Gasteiger partial charge is 0.318 e. The zero-order valence-corrected chi connectivity index (χ0v) is 27.7. The minimum Gasteiger partial charge on any atom is -0.463 e. The topological polar surface area (TPSA) is 125 Å². The van der Waals surface area contributed by atoms with E-state index in [9.17, 15) is 9.65 Å². The summed E-state index contributed by atoms with van der Waals surface area (Å²) in [7, 11) is 4.26. The van der Waals surface area contributed by atoms with Crippen molar-refractivity contribution in [1.82, 2.24) is 24.8 Å². The first kappa shape index (κ1) is 31.0. The number of ether oxygens (including phenoxy) is 2. The number of likely N-dealkylation sites (N-methyl/N-ethyl adjacent to an activating group) is 1. The van der Waals surface area contributed by atoms with Crippen molar-refractivity contribution >= 4 is 43.1 Å². The van der Waals surface area contributed by atoms with Crippen molar-refractivity contribution in [2.24, 2.45) is 5.41 Å². The van der Waals surface area contributed by atoms with E-state index in [1.165, 1.54) is 12.5 Å². The van der Waals surface area contributed by atoms with Gasteiger partial charge in [-0.25, -0.2) is 4.39 Å². The third kappa shape index (κ3) is 5.64. The minimum absolute atomic E-state index is 0.0714. The largest absolute Gasteiger partial charge is 0.463 e. The molecule has 3 N–H and O–H groups in total. The molecule has 2 aliphatic carbocycles. The summed E-state index contributed by atoms with van der Waals surface area (Å²) in [4.78, 5) is 19.3. The van der Waals surface area contributed by atoms with Crippen LogP contribution >= 0.6 is 11.3 Å². The normalized spacial score (nSPS) is 22.1. The molecule has 7 rings (SSSR count). The molecule has 3 aliphatic rings. The number of halogens is 1. The Kier molecular flexibility index (Phi) is 8.00. The molecule has 3 fully saturated rings. The molecule has 0 unspecified atom stereocenters. The number of morpholine rings is 1. The first-order valence-electron chi connectivity index (χ1n) is 16.1. The highest BCUT2D eigenvalue weighted by Gasteiger charge is 2.46.